The minimum Gasteiger partial charge on any atom is -0.306 e. The summed E-state index contributed by atoms with van der Waals surface area (Å²) in [5.74, 6) is -0.0396. The fourth-order valence-corrected chi connectivity index (χ4v) is 4.36. The average Bonchev–Trinajstić information content (AvgIpc) is 3.19. The molecular weight excluding hydrogens is 420 g/mol. The Morgan fingerprint density at radius 2 is 1.62 bits per heavy atom. The Morgan fingerprint density at radius 1 is 0.882 bits per heavy atom. The fraction of sp³-hybridized carbons (Fsp3) is 0.138. The molecule has 0 unspecified atom stereocenters. The monoisotopic (exact) mass is 446 g/mol. The fourth-order valence-electron chi connectivity index (χ4n) is 4.36. The van der Waals surface area contributed by atoms with Crippen LogP contribution in [0.25, 0.3) is 22.2 Å². The largest absolute Gasteiger partial charge is 0.306 e. The lowest BCUT2D eigenvalue weighted by molar-refractivity contribution is -0.119. The molecule has 0 bridgehead atoms. The van der Waals surface area contributed by atoms with Gasteiger partial charge in [-0.2, -0.15) is 5.10 Å². The molecule has 0 atom stereocenters. The van der Waals surface area contributed by atoms with Crippen molar-refractivity contribution in [3.05, 3.63) is 114 Å². The van der Waals surface area contributed by atoms with E-state index in [1.807, 2.05) is 78.6 Å². The molecule has 5 rings (SSSR count). The number of aromatic nitrogens is 3. The summed E-state index contributed by atoms with van der Waals surface area (Å²) in [7, 11) is 0. The zero-order valence-electron chi connectivity index (χ0n) is 19.3. The molecule has 168 valence electrons. The van der Waals surface area contributed by atoms with Gasteiger partial charge in [0, 0.05) is 17.3 Å². The van der Waals surface area contributed by atoms with E-state index in [-0.39, 0.29) is 12.5 Å². The lowest BCUT2D eigenvalue weighted by Gasteiger charge is -2.23. The van der Waals surface area contributed by atoms with Crippen LogP contribution in [0.2, 0.25) is 0 Å². The number of anilines is 1. The van der Waals surface area contributed by atoms with E-state index < -0.39 is 0 Å². The lowest BCUT2D eigenvalue weighted by atomic mass is 10.0. The van der Waals surface area contributed by atoms with Crippen LogP contribution in [-0.4, -0.2) is 20.7 Å². The van der Waals surface area contributed by atoms with Crippen LogP contribution in [0.15, 0.2) is 97.2 Å². The number of pyridine rings is 1. The van der Waals surface area contributed by atoms with Crippen molar-refractivity contribution in [2.75, 3.05) is 4.90 Å². The quantitative estimate of drug-likeness (QED) is 0.324. The third-order valence-corrected chi connectivity index (χ3v) is 5.97. The molecule has 0 saturated heterocycles. The normalized spacial score (nSPS) is 11.0. The topological polar surface area (TPSA) is 51.0 Å². The highest BCUT2D eigenvalue weighted by molar-refractivity contribution is 5.97. The van der Waals surface area contributed by atoms with Crippen LogP contribution in [0.5, 0.6) is 0 Å². The number of carbonyl (C=O) groups excluding carboxylic acids is 1. The summed E-state index contributed by atoms with van der Waals surface area (Å²) in [5, 5.41) is 5.71. The molecule has 0 N–H and O–H groups in total. The Bertz CT molecular complexity index is 1440. The van der Waals surface area contributed by atoms with Gasteiger partial charge in [-0.3, -0.25) is 4.79 Å². The van der Waals surface area contributed by atoms with Gasteiger partial charge in [-0.15, -0.1) is 0 Å². The number of fused-ring (bicyclic) bond motifs is 1. The molecule has 0 aliphatic heterocycles. The Kier molecular flexibility index (Phi) is 5.91. The van der Waals surface area contributed by atoms with Gasteiger partial charge in [0.1, 0.15) is 6.54 Å². The number of carbonyl (C=O) groups is 1. The summed E-state index contributed by atoms with van der Waals surface area (Å²) in [6.07, 6.45) is 1.79. The number of amides is 1. The second kappa shape index (κ2) is 9.32. The second-order valence-electron chi connectivity index (χ2n) is 8.47. The van der Waals surface area contributed by atoms with E-state index >= 15 is 0 Å². The molecule has 5 nitrogen and oxygen atoms in total. The first-order valence-electron chi connectivity index (χ1n) is 11.4. The highest BCUT2D eigenvalue weighted by atomic mass is 16.2. The predicted molar refractivity (Wildman–Crippen MR) is 137 cm³/mol. The molecule has 0 spiro atoms. The summed E-state index contributed by atoms with van der Waals surface area (Å²) in [6, 6.07) is 30.2. The van der Waals surface area contributed by atoms with Crippen molar-refractivity contribution in [3.8, 4) is 11.1 Å². The molecule has 2 heterocycles. The van der Waals surface area contributed by atoms with Crippen LogP contribution in [0, 0.1) is 13.8 Å². The van der Waals surface area contributed by atoms with Gasteiger partial charge in [-0.1, -0.05) is 78.4 Å². The number of rotatable bonds is 6. The van der Waals surface area contributed by atoms with E-state index in [1.165, 1.54) is 5.56 Å². The third kappa shape index (κ3) is 4.33. The van der Waals surface area contributed by atoms with Gasteiger partial charge in [-0.25, -0.2) is 9.67 Å². The van der Waals surface area contributed by atoms with Gasteiger partial charge in [0.2, 0.25) is 5.91 Å². The first-order valence-corrected chi connectivity index (χ1v) is 11.4. The minimum absolute atomic E-state index is 0.0396. The molecule has 34 heavy (non-hydrogen) atoms. The molecule has 0 aliphatic carbocycles. The Morgan fingerprint density at radius 3 is 2.35 bits per heavy atom. The second-order valence-corrected chi connectivity index (χ2v) is 8.47. The zero-order valence-corrected chi connectivity index (χ0v) is 19.3. The SMILES string of the molecule is Cc1cccc(-c2ccnc3c2c(C)nn3CC(=O)N(Cc2ccccc2)c2ccccc2)c1. The summed E-state index contributed by atoms with van der Waals surface area (Å²) in [5.41, 5.74) is 6.91. The standard InChI is InChI=1S/C29H26N4O/c1-21-10-9-13-24(18-21)26-16-17-30-29-28(26)22(2)31-33(29)20-27(34)32(25-14-7-4-8-15-25)19-23-11-5-3-6-12-23/h3-18H,19-20H2,1-2H3. The summed E-state index contributed by atoms with van der Waals surface area (Å²) >= 11 is 0. The Hall–Kier alpha value is -4.25. The number of aryl methyl sites for hydroxylation is 2. The molecule has 1 amide bonds. The van der Waals surface area contributed by atoms with Crippen molar-refractivity contribution < 1.29 is 4.79 Å². The molecule has 2 aromatic heterocycles. The first-order chi connectivity index (χ1) is 16.6. The van der Waals surface area contributed by atoms with Gasteiger partial charge < -0.3 is 4.90 Å². The number of hydrogen-bond acceptors (Lipinski definition) is 3. The van der Waals surface area contributed by atoms with E-state index in [4.69, 9.17) is 5.10 Å². The zero-order chi connectivity index (χ0) is 23.5. The predicted octanol–water partition coefficient (Wildman–Crippen LogP) is 5.95. The maximum Gasteiger partial charge on any atom is 0.249 e. The van der Waals surface area contributed by atoms with Crippen molar-refractivity contribution in [1.29, 1.82) is 0 Å². The smallest absolute Gasteiger partial charge is 0.249 e. The van der Waals surface area contributed by atoms with Gasteiger partial charge in [0.05, 0.1) is 12.2 Å². The molecule has 0 saturated carbocycles. The van der Waals surface area contributed by atoms with Crippen LogP contribution < -0.4 is 4.90 Å². The number of hydrogen-bond donors (Lipinski definition) is 0. The number of para-hydroxylation sites is 1. The van der Waals surface area contributed by atoms with E-state index in [0.29, 0.717) is 6.54 Å². The molecular formula is C29H26N4O. The Labute approximate surface area is 199 Å². The molecule has 0 fully saturated rings. The van der Waals surface area contributed by atoms with E-state index in [2.05, 4.69) is 36.2 Å². The number of benzene rings is 3. The van der Waals surface area contributed by atoms with Gasteiger partial charge >= 0.3 is 0 Å². The van der Waals surface area contributed by atoms with E-state index in [0.717, 1.165) is 39.1 Å². The van der Waals surface area contributed by atoms with Crippen molar-refractivity contribution in [3.63, 3.8) is 0 Å². The lowest BCUT2D eigenvalue weighted by Crippen LogP contribution is -2.33. The molecule has 5 aromatic rings. The van der Waals surface area contributed by atoms with Crippen LogP contribution in [0.3, 0.4) is 0 Å². The van der Waals surface area contributed by atoms with Crippen LogP contribution in [0.1, 0.15) is 16.8 Å². The van der Waals surface area contributed by atoms with Crippen molar-refractivity contribution in [2.24, 2.45) is 0 Å². The van der Waals surface area contributed by atoms with Crippen molar-refractivity contribution in [1.82, 2.24) is 14.8 Å². The van der Waals surface area contributed by atoms with Gasteiger partial charge in [0.15, 0.2) is 5.65 Å². The highest BCUT2D eigenvalue weighted by Gasteiger charge is 2.20. The number of nitrogens with zero attached hydrogens (tertiary/aromatic N) is 4. The summed E-state index contributed by atoms with van der Waals surface area (Å²) < 4.78 is 1.73. The van der Waals surface area contributed by atoms with Crippen molar-refractivity contribution >= 4 is 22.6 Å². The van der Waals surface area contributed by atoms with Gasteiger partial charge in [-0.05, 0) is 48.7 Å². The Balaban J connectivity index is 1.51. The van der Waals surface area contributed by atoms with E-state index in [9.17, 15) is 4.79 Å². The third-order valence-electron chi connectivity index (χ3n) is 5.97. The minimum atomic E-state index is -0.0396. The van der Waals surface area contributed by atoms with Crippen LogP contribution >= 0.6 is 0 Å². The molecule has 5 heteroatoms. The maximum atomic E-state index is 13.6. The maximum absolute atomic E-state index is 13.6. The van der Waals surface area contributed by atoms with Crippen LogP contribution in [0.4, 0.5) is 5.69 Å². The summed E-state index contributed by atoms with van der Waals surface area (Å²) in [6.45, 7) is 4.66. The summed E-state index contributed by atoms with van der Waals surface area (Å²) in [4.78, 5) is 20.0. The van der Waals surface area contributed by atoms with Gasteiger partial charge in [0.25, 0.3) is 0 Å². The molecule has 0 radical (unpaired) electrons. The average molecular weight is 447 g/mol. The molecule has 0 aliphatic rings. The molecule has 3 aromatic carbocycles. The van der Waals surface area contributed by atoms with Crippen molar-refractivity contribution in [2.45, 2.75) is 26.9 Å². The van der Waals surface area contributed by atoms with E-state index in [1.54, 1.807) is 10.9 Å². The highest BCUT2D eigenvalue weighted by Crippen LogP contribution is 2.30. The van der Waals surface area contributed by atoms with Crippen LogP contribution in [-0.2, 0) is 17.9 Å². The first kappa shape index (κ1) is 21.6.